The maximum Gasteiger partial charge on any atom is 0.251 e. The normalized spacial score (nSPS) is 13.6. The highest BCUT2D eigenvalue weighted by Gasteiger charge is 2.27. The van der Waals surface area contributed by atoms with Crippen LogP contribution in [0.1, 0.15) is 58.9 Å². The zero-order valence-electron chi connectivity index (χ0n) is 15.5. The number of nitrogens with zero attached hydrogens (tertiary/aromatic N) is 3. The first kappa shape index (κ1) is 17.4. The van der Waals surface area contributed by atoms with E-state index in [1.54, 1.807) is 6.07 Å². The van der Waals surface area contributed by atoms with Gasteiger partial charge in [0.2, 0.25) is 0 Å². The number of benzene rings is 1. The van der Waals surface area contributed by atoms with E-state index in [0.29, 0.717) is 18.0 Å². The molecule has 1 fully saturated rings. The van der Waals surface area contributed by atoms with Crippen LogP contribution in [0.4, 0.5) is 0 Å². The zero-order chi connectivity index (χ0) is 18.8. The Labute approximate surface area is 158 Å². The van der Waals surface area contributed by atoms with Gasteiger partial charge >= 0.3 is 0 Å². The van der Waals surface area contributed by atoms with Crippen molar-refractivity contribution in [3.63, 3.8) is 0 Å². The summed E-state index contributed by atoms with van der Waals surface area (Å²) in [4.78, 5) is 21.4. The SMILES string of the molecule is CCc1cnc(C)nc1-c1cccc(C(=O)NCc2cc(C3CC3)on2)c1. The second-order valence-corrected chi connectivity index (χ2v) is 6.90. The molecule has 4 rings (SSSR count). The van der Waals surface area contributed by atoms with Crippen molar-refractivity contribution >= 4 is 5.91 Å². The van der Waals surface area contributed by atoms with Gasteiger partial charge in [-0.15, -0.1) is 0 Å². The minimum absolute atomic E-state index is 0.142. The van der Waals surface area contributed by atoms with E-state index >= 15 is 0 Å². The number of hydrogen-bond donors (Lipinski definition) is 1. The third-order valence-corrected chi connectivity index (χ3v) is 4.75. The van der Waals surface area contributed by atoms with Crippen LogP contribution in [0.25, 0.3) is 11.3 Å². The Kier molecular flexibility index (Phi) is 4.71. The summed E-state index contributed by atoms with van der Waals surface area (Å²) < 4.78 is 5.32. The van der Waals surface area contributed by atoms with E-state index in [4.69, 9.17) is 4.52 Å². The molecule has 138 valence electrons. The summed E-state index contributed by atoms with van der Waals surface area (Å²) in [6, 6.07) is 9.46. The van der Waals surface area contributed by atoms with E-state index in [1.807, 2.05) is 37.4 Å². The quantitative estimate of drug-likeness (QED) is 0.721. The Bertz CT molecular complexity index is 976. The maximum absolute atomic E-state index is 12.6. The summed E-state index contributed by atoms with van der Waals surface area (Å²) in [7, 11) is 0. The molecule has 2 aromatic heterocycles. The van der Waals surface area contributed by atoms with E-state index < -0.39 is 0 Å². The number of carbonyl (C=O) groups is 1. The third kappa shape index (κ3) is 3.89. The lowest BCUT2D eigenvalue weighted by atomic mass is 10.0. The zero-order valence-corrected chi connectivity index (χ0v) is 15.5. The van der Waals surface area contributed by atoms with E-state index in [2.05, 4.69) is 27.4 Å². The van der Waals surface area contributed by atoms with Gasteiger partial charge in [-0.2, -0.15) is 0 Å². The molecule has 1 aliphatic rings. The van der Waals surface area contributed by atoms with Crippen LogP contribution in [0.3, 0.4) is 0 Å². The minimum atomic E-state index is -0.142. The van der Waals surface area contributed by atoms with Gasteiger partial charge in [-0.1, -0.05) is 24.2 Å². The molecule has 1 saturated carbocycles. The van der Waals surface area contributed by atoms with Crippen molar-refractivity contribution in [1.82, 2.24) is 20.4 Å². The fourth-order valence-electron chi connectivity index (χ4n) is 3.06. The van der Waals surface area contributed by atoms with Crippen LogP contribution in [-0.2, 0) is 13.0 Å². The first-order valence-corrected chi connectivity index (χ1v) is 9.30. The van der Waals surface area contributed by atoms with Crippen molar-refractivity contribution in [1.29, 1.82) is 0 Å². The average molecular weight is 362 g/mol. The van der Waals surface area contributed by atoms with E-state index in [-0.39, 0.29) is 5.91 Å². The number of amides is 1. The molecular weight excluding hydrogens is 340 g/mol. The largest absolute Gasteiger partial charge is 0.361 e. The van der Waals surface area contributed by atoms with Crippen molar-refractivity contribution in [2.45, 2.75) is 45.6 Å². The molecule has 0 aliphatic heterocycles. The van der Waals surface area contributed by atoms with Crippen LogP contribution >= 0.6 is 0 Å². The van der Waals surface area contributed by atoms with Crippen molar-refractivity contribution in [2.75, 3.05) is 0 Å². The van der Waals surface area contributed by atoms with Crippen LogP contribution in [0.5, 0.6) is 0 Å². The smallest absolute Gasteiger partial charge is 0.251 e. The van der Waals surface area contributed by atoms with Crippen LogP contribution in [0.15, 0.2) is 41.1 Å². The summed E-state index contributed by atoms with van der Waals surface area (Å²) in [5.41, 5.74) is 4.21. The van der Waals surface area contributed by atoms with Gasteiger partial charge in [-0.05, 0) is 43.9 Å². The number of hydrogen-bond acceptors (Lipinski definition) is 5. The molecule has 27 heavy (non-hydrogen) atoms. The van der Waals surface area contributed by atoms with Crippen molar-refractivity contribution in [3.05, 3.63) is 64.9 Å². The van der Waals surface area contributed by atoms with E-state index in [1.165, 1.54) is 0 Å². The first-order valence-electron chi connectivity index (χ1n) is 9.30. The second kappa shape index (κ2) is 7.31. The van der Waals surface area contributed by atoms with Gasteiger partial charge < -0.3 is 9.84 Å². The molecule has 0 radical (unpaired) electrons. The molecular formula is C21H22N4O2. The Hall–Kier alpha value is -3.02. The molecule has 0 atom stereocenters. The molecule has 0 saturated heterocycles. The number of nitrogens with one attached hydrogen (secondary N) is 1. The summed E-state index contributed by atoms with van der Waals surface area (Å²) in [5.74, 6) is 2.02. The molecule has 1 amide bonds. The maximum atomic E-state index is 12.6. The topological polar surface area (TPSA) is 80.9 Å². The van der Waals surface area contributed by atoms with Gasteiger partial charge in [0.05, 0.1) is 12.2 Å². The van der Waals surface area contributed by atoms with E-state index in [0.717, 1.165) is 53.4 Å². The predicted molar refractivity (Wildman–Crippen MR) is 101 cm³/mol. The van der Waals surface area contributed by atoms with Crippen molar-refractivity contribution in [3.8, 4) is 11.3 Å². The minimum Gasteiger partial charge on any atom is -0.361 e. The van der Waals surface area contributed by atoms with Crippen LogP contribution in [0, 0.1) is 6.92 Å². The molecule has 0 bridgehead atoms. The lowest BCUT2D eigenvalue weighted by molar-refractivity contribution is 0.0950. The molecule has 6 nitrogen and oxygen atoms in total. The Morgan fingerprint density at radius 1 is 1.30 bits per heavy atom. The Balaban J connectivity index is 1.49. The summed E-state index contributed by atoms with van der Waals surface area (Å²) in [5, 5.41) is 6.95. The van der Waals surface area contributed by atoms with Gasteiger partial charge in [0, 0.05) is 29.3 Å². The van der Waals surface area contributed by atoms with Gasteiger partial charge in [-0.25, -0.2) is 9.97 Å². The highest BCUT2D eigenvalue weighted by molar-refractivity contribution is 5.95. The molecule has 6 heteroatoms. The summed E-state index contributed by atoms with van der Waals surface area (Å²) >= 11 is 0. The third-order valence-electron chi connectivity index (χ3n) is 4.75. The molecule has 1 aromatic carbocycles. The number of aromatic nitrogens is 3. The van der Waals surface area contributed by atoms with Crippen LogP contribution in [-0.4, -0.2) is 21.0 Å². The van der Waals surface area contributed by atoms with Crippen LogP contribution < -0.4 is 5.32 Å². The summed E-state index contributed by atoms with van der Waals surface area (Å²) in [6.07, 6.45) is 5.01. The number of rotatable bonds is 6. The summed E-state index contributed by atoms with van der Waals surface area (Å²) in [6.45, 7) is 4.29. The highest BCUT2D eigenvalue weighted by Crippen LogP contribution is 2.40. The lowest BCUT2D eigenvalue weighted by Gasteiger charge is -2.09. The molecule has 0 spiro atoms. The molecule has 2 heterocycles. The Morgan fingerprint density at radius 3 is 2.93 bits per heavy atom. The fourth-order valence-corrected chi connectivity index (χ4v) is 3.06. The molecule has 0 unspecified atom stereocenters. The van der Waals surface area contributed by atoms with Gasteiger partial charge in [-0.3, -0.25) is 4.79 Å². The standard InChI is InChI=1S/C21H22N4O2/c1-3-14-11-22-13(2)24-20(14)16-5-4-6-17(9-16)21(26)23-12-18-10-19(27-25-18)15-7-8-15/h4-6,9-11,15H,3,7-8,12H2,1-2H3,(H,23,26). The molecule has 1 N–H and O–H groups in total. The fraction of sp³-hybridized carbons (Fsp3) is 0.333. The van der Waals surface area contributed by atoms with Gasteiger partial charge in [0.1, 0.15) is 17.3 Å². The lowest BCUT2D eigenvalue weighted by Crippen LogP contribution is -2.22. The monoisotopic (exact) mass is 362 g/mol. The number of aryl methyl sites for hydroxylation is 2. The molecule has 3 aromatic rings. The predicted octanol–water partition coefficient (Wildman–Crippen LogP) is 3.81. The van der Waals surface area contributed by atoms with Gasteiger partial charge in [0.15, 0.2) is 0 Å². The number of carbonyl (C=O) groups excluding carboxylic acids is 1. The highest BCUT2D eigenvalue weighted by atomic mass is 16.5. The van der Waals surface area contributed by atoms with Gasteiger partial charge in [0.25, 0.3) is 5.91 Å². The molecule has 1 aliphatic carbocycles. The second-order valence-electron chi connectivity index (χ2n) is 6.90. The Morgan fingerprint density at radius 2 is 2.15 bits per heavy atom. The average Bonchev–Trinajstić information content (AvgIpc) is 3.44. The van der Waals surface area contributed by atoms with Crippen molar-refractivity contribution < 1.29 is 9.32 Å². The van der Waals surface area contributed by atoms with E-state index in [9.17, 15) is 4.79 Å². The van der Waals surface area contributed by atoms with Crippen LogP contribution in [0.2, 0.25) is 0 Å². The van der Waals surface area contributed by atoms with Crippen molar-refractivity contribution in [2.24, 2.45) is 0 Å². The first-order chi connectivity index (χ1) is 13.1.